The first-order chi connectivity index (χ1) is 5.18. The molecule has 0 heterocycles. The minimum Gasteiger partial charge on any atom is -0.412 e. The molecule has 2 N–H and O–H groups in total. The molecule has 1 unspecified atom stereocenters. The van der Waals surface area contributed by atoms with Crippen molar-refractivity contribution in [3.63, 3.8) is 0 Å². The molecule has 0 aliphatic rings. The van der Waals surface area contributed by atoms with Crippen LogP contribution >= 0.6 is 0 Å². The predicted molar refractivity (Wildman–Crippen MR) is 53.4 cm³/mol. The van der Waals surface area contributed by atoms with Gasteiger partial charge >= 0.3 is 0 Å². The third kappa shape index (κ3) is 7.76. The summed E-state index contributed by atoms with van der Waals surface area (Å²) in [5.41, 5.74) is 1.11. The summed E-state index contributed by atoms with van der Waals surface area (Å²) in [6, 6.07) is 0. The fourth-order valence-electron chi connectivity index (χ4n) is 0.754. The van der Waals surface area contributed by atoms with Crippen LogP contribution in [0.25, 0.3) is 0 Å². The smallest absolute Gasteiger partial charge is 0.0751 e. The second kappa shape index (κ2) is 8.75. The molecule has 0 aromatic rings. The van der Waals surface area contributed by atoms with E-state index in [1.165, 1.54) is 19.3 Å². The highest BCUT2D eigenvalue weighted by Gasteiger charge is 2.00. The third-order valence-electron chi connectivity index (χ3n) is 1.81. The Bertz CT molecular complexity index is 110. The summed E-state index contributed by atoms with van der Waals surface area (Å²) in [4.78, 5) is 0. The maximum absolute atomic E-state index is 5.51. The molecule has 0 aliphatic heterocycles. The van der Waals surface area contributed by atoms with Crippen molar-refractivity contribution in [2.45, 2.75) is 46.1 Å². The zero-order chi connectivity index (χ0) is 8.69. The summed E-state index contributed by atoms with van der Waals surface area (Å²) < 4.78 is 5.51. The van der Waals surface area contributed by atoms with E-state index in [0.717, 1.165) is 12.2 Å². The van der Waals surface area contributed by atoms with Crippen molar-refractivity contribution in [2.75, 3.05) is 6.61 Å². The highest BCUT2D eigenvalue weighted by molar-refractivity contribution is 4.94. The Morgan fingerprint density at radius 1 is 1.42 bits per heavy atom. The lowest BCUT2D eigenvalue weighted by Gasteiger charge is -2.11. The van der Waals surface area contributed by atoms with Crippen molar-refractivity contribution in [3.05, 3.63) is 12.2 Å². The van der Waals surface area contributed by atoms with Crippen LogP contribution in [0.15, 0.2) is 12.2 Å². The van der Waals surface area contributed by atoms with Crippen LogP contribution in [0.2, 0.25) is 0 Å². The van der Waals surface area contributed by atoms with Crippen LogP contribution in [-0.2, 0) is 4.74 Å². The summed E-state index contributed by atoms with van der Waals surface area (Å²) in [6.07, 6.45) is 3.92. The van der Waals surface area contributed by atoms with Crippen molar-refractivity contribution in [1.29, 1.82) is 0 Å². The molecule has 0 amide bonds. The summed E-state index contributed by atoms with van der Waals surface area (Å²) in [5.74, 6) is 0. The monoisotopic (exact) mass is 174 g/mol. The van der Waals surface area contributed by atoms with E-state index in [-0.39, 0.29) is 11.6 Å². The van der Waals surface area contributed by atoms with Gasteiger partial charge < -0.3 is 10.2 Å². The molecule has 0 rings (SSSR count). The Balaban J connectivity index is 0. The average Bonchev–Trinajstić information content (AvgIpc) is 1.97. The normalized spacial score (nSPS) is 11.9. The van der Waals surface area contributed by atoms with Gasteiger partial charge in [-0.25, -0.2) is 0 Å². The molecule has 0 radical (unpaired) electrons. The van der Waals surface area contributed by atoms with Gasteiger partial charge in [0.15, 0.2) is 0 Å². The van der Waals surface area contributed by atoms with Gasteiger partial charge in [0.2, 0.25) is 0 Å². The Kier molecular flexibility index (Phi) is 10.4. The number of ether oxygens (including phenoxy) is 1. The summed E-state index contributed by atoms with van der Waals surface area (Å²) in [7, 11) is 0. The molecule has 0 fully saturated rings. The maximum Gasteiger partial charge on any atom is 0.0751 e. The molecule has 0 bridgehead atoms. The van der Waals surface area contributed by atoms with Gasteiger partial charge in [0, 0.05) is 6.61 Å². The summed E-state index contributed by atoms with van der Waals surface area (Å²) in [6.45, 7) is 11.0. The number of rotatable bonds is 6. The zero-order valence-electron chi connectivity index (χ0n) is 8.52. The first-order valence-corrected chi connectivity index (χ1v) is 4.45. The van der Waals surface area contributed by atoms with Gasteiger partial charge in [0.25, 0.3) is 0 Å². The van der Waals surface area contributed by atoms with Crippen LogP contribution in [0.3, 0.4) is 0 Å². The second-order valence-corrected chi connectivity index (χ2v) is 3.07. The fraction of sp³-hybridized carbons (Fsp3) is 0.800. The van der Waals surface area contributed by atoms with Gasteiger partial charge in [-0.05, 0) is 20.3 Å². The van der Waals surface area contributed by atoms with Crippen molar-refractivity contribution in [3.8, 4) is 0 Å². The fourth-order valence-corrected chi connectivity index (χ4v) is 0.754. The summed E-state index contributed by atoms with van der Waals surface area (Å²) in [5, 5.41) is 0. The van der Waals surface area contributed by atoms with Crippen LogP contribution in [-0.4, -0.2) is 18.2 Å². The lowest BCUT2D eigenvalue weighted by molar-refractivity contribution is 0.0870. The Morgan fingerprint density at radius 3 is 2.42 bits per heavy atom. The van der Waals surface area contributed by atoms with E-state index in [1.807, 2.05) is 13.8 Å². The van der Waals surface area contributed by atoms with E-state index in [1.54, 1.807) is 0 Å². The van der Waals surface area contributed by atoms with E-state index in [4.69, 9.17) is 4.74 Å². The van der Waals surface area contributed by atoms with Crippen molar-refractivity contribution in [1.82, 2.24) is 0 Å². The Hall–Kier alpha value is -0.340. The van der Waals surface area contributed by atoms with E-state index >= 15 is 0 Å². The molecule has 0 spiro atoms. The molecule has 2 nitrogen and oxygen atoms in total. The van der Waals surface area contributed by atoms with E-state index in [2.05, 4.69) is 13.5 Å². The van der Waals surface area contributed by atoms with Gasteiger partial charge in [0.1, 0.15) is 0 Å². The predicted octanol–water partition coefficient (Wildman–Crippen LogP) is 2.33. The molecular weight excluding hydrogens is 152 g/mol. The first kappa shape index (κ1) is 14.2. The largest absolute Gasteiger partial charge is 0.412 e. The zero-order valence-corrected chi connectivity index (χ0v) is 8.52. The molecule has 0 saturated heterocycles. The quantitative estimate of drug-likeness (QED) is 0.450. The van der Waals surface area contributed by atoms with E-state index in [0.29, 0.717) is 0 Å². The van der Waals surface area contributed by atoms with Crippen molar-refractivity contribution >= 4 is 0 Å². The lowest BCUT2D eigenvalue weighted by atomic mass is 10.2. The summed E-state index contributed by atoms with van der Waals surface area (Å²) >= 11 is 0. The van der Waals surface area contributed by atoms with E-state index < -0.39 is 0 Å². The maximum atomic E-state index is 5.51. The van der Waals surface area contributed by atoms with Crippen LogP contribution in [0, 0.1) is 0 Å². The minimum absolute atomic E-state index is 0. The SMILES string of the molecule is C=C(C)C(C)OCCCCC.O. The van der Waals surface area contributed by atoms with Crippen LogP contribution in [0.1, 0.15) is 40.0 Å². The Morgan fingerprint density at radius 2 is 2.00 bits per heavy atom. The highest BCUT2D eigenvalue weighted by Crippen LogP contribution is 2.04. The number of hydrogen-bond donors (Lipinski definition) is 0. The molecule has 0 saturated carbocycles. The standard InChI is InChI=1S/C10H20O.H2O/c1-5-6-7-8-11-10(4)9(2)3;/h10H,2,5-8H2,1,3-4H3;1H2. The Labute approximate surface area is 75.9 Å². The lowest BCUT2D eigenvalue weighted by Crippen LogP contribution is -2.09. The molecule has 0 aromatic heterocycles. The van der Waals surface area contributed by atoms with Gasteiger partial charge in [-0.1, -0.05) is 31.9 Å². The molecule has 2 heteroatoms. The molecule has 12 heavy (non-hydrogen) atoms. The number of hydrogen-bond acceptors (Lipinski definition) is 1. The third-order valence-corrected chi connectivity index (χ3v) is 1.81. The van der Waals surface area contributed by atoms with Gasteiger partial charge in [-0.3, -0.25) is 0 Å². The molecule has 1 atom stereocenters. The molecular formula is C10H22O2. The molecule has 0 aromatic carbocycles. The van der Waals surface area contributed by atoms with E-state index in [9.17, 15) is 0 Å². The van der Waals surface area contributed by atoms with Gasteiger partial charge in [-0.15, -0.1) is 0 Å². The molecule has 0 aliphatic carbocycles. The molecule has 74 valence electrons. The first-order valence-electron chi connectivity index (χ1n) is 4.45. The van der Waals surface area contributed by atoms with Crippen LogP contribution in [0.4, 0.5) is 0 Å². The van der Waals surface area contributed by atoms with Crippen molar-refractivity contribution in [2.24, 2.45) is 0 Å². The van der Waals surface area contributed by atoms with Gasteiger partial charge in [-0.2, -0.15) is 0 Å². The topological polar surface area (TPSA) is 40.7 Å². The average molecular weight is 174 g/mol. The van der Waals surface area contributed by atoms with Crippen molar-refractivity contribution < 1.29 is 10.2 Å². The van der Waals surface area contributed by atoms with Crippen LogP contribution in [0.5, 0.6) is 0 Å². The van der Waals surface area contributed by atoms with Crippen LogP contribution < -0.4 is 0 Å². The number of unbranched alkanes of at least 4 members (excludes halogenated alkanes) is 2. The minimum atomic E-state index is 0. The highest BCUT2D eigenvalue weighted by atomic mass is 16.5. The van der Waals surface area contributed by atoms with Gasteiger partial charge in [0.05, 0.1) is 6.10 Å². The second-order valence-electron chi connectivity index (χ2n) is 3.07.